The fraction of sp³-hybridized carbons (Fsp3) is 0.412. The molecule has 0 atom stereocenters. The lowest BCUT2D eigenvalue weighted by Crippen LogP contribution is -2.08. The Kier molecular flexibility index (Phi) is 3.86. The molecule has 1 aromatic carbocycles. The van der Waals surface area contributed by atoms with Gasteiger partial charge in [-0.2, -0.15) is 0 Å². The van der Waals surface area contributed by atoms with E-state index in [2.05, 4.69) is 21.4 Å². The number of hydrogen-bond donors (Lipinski definition) is 1. The highest BCUT2D eigenvalue weighted by atomic mass is 19.1. The smallest absolute Gasteiger partial charge is 0.186 e. The molecular formula is C17H20FN3. The van der Waals surface area contributed by atoms with Crippen molar-refractivity contribution in [2.45, 2.75) is 39.0 Å². The molecule has 1 aromatic heterocycles. The number of nitrogens with zero attached hydrogens (tertiary/aromatic N) is 2. The molecule has 1 N–H and O–H groups in total. The van der Waals surface area contributed by atoms with Crippen molar-refractivity contribution >= 4 is 5.82 Å². The largest absolute Gasteiger partial charge is 0.368 e. The van der Waals surface area contributed by atoms with Crippen molar-refractivity contribution in [1.82, 2.24) is 9.97 Å². The quantitative estimate of drug-likeness (QED) is 0.890. The third-order valence-electron chi connectivity index (χ3n) is 3.78. The second-order valence-corrected chi connectivity index (χ2v) is 5.58. The van der Waals surface area contributed by atoms with Gasteiger partial charge in [0.15, 0.2) is 17.5 Å². The van der Waals surface area contributed by atoms with Crippen molar-refractivity contribution in [2.75, 3.05) is 11.9 Å². The van der Waals surface area contributed by atoms with E-state index in [1.807, 2.05) is 25.1 Å². The predicted molar refractivity (Wildman–Crippen MR) is 82.9 cm³/mol. The van der Waals surface area contributed by atoms with Crippen LogP contribution in [0.2, 0.25) is 0 Å². The number of aromatic nitrogens is 2. The van der Waals surface area contributed by atoms with Crippen LogP contribution in [0.4, 0.5) is 10.2 Å². The van der Waals surface area contributed by atoms with E-state index in [0.717, 1.165) is 12.0 Å². The van der Waals surface area contributed by atoms with Gasteiger partial charge in [-0.3, -0.25) is 0 Å². The van der Waals surface area contributed by atoms with Crippen LogP contribution < -0.4 is 5.32 Å². The molecule has 2 aromatic rings. The minimum Gasteiger partial charge on any atom is -0.368 e. The number of nitrogens with one attached hydrogen (secondary N) is 1. The second kappa shape index (κ2) is 5.80. The highest BCUT2D eigenvalue weighted by molar-refractivity contribution is 5.64. The van der Waals surface area contributed by atoms with E-state index < -0.39 is 0 Å². The first-order valence-electron chi connectivity index (χ1n) is 7.58. The number of rotatable bonds is 5. The lowest BCUT2D eigenvalue weighted by molar-refractivity contribution is 0.605. The fourth-order valence-corrected chi connectivity index (χ4v) is 2.49. The Labute approximate surface area is 124 Å². The number of hydrogen-bond acceptors (Lipinski definition) is 3. The van der Waals surface area contributed by atoms with Crippen LogP contribution >= 0.6 is 0 Å². The van der Waals surface area contributed by atoms with Crippen LogP contribution in [0.3, 0.4) is 0 Å². The van der Waals surface area contributed by atoms with Gasteiger partial charge in [0.1, 0.15) is 0 Å². The third kappa shape index (κ3) is 2.89. The fourth-order valence-electron chi connectivity index (χ4n) is 2.49. The van der Waals surface area contributed by atoms with E-state index in [4.69, 9.17) is 0 Å². The van der Waals surface area contributed by atoms with Gasteiger partial charge in [-0.05, 0) is 37.7 Å². The van der Waals surface area contributed by atoms with Crippen LogP contribution in [0.5, 0.6) is 0 Å². The number of anilines is 1. The van der Waals surface area contributed by atoms with Crippen molar-refractivity contribution in [2.24, 2.45) is 0 Å². The monoisotopic (exact) mass is 285 g/mol. The summed E-state index contributed by atoms with van der Waals surface area (Å²) in [5.74, 6) is 1.19. The van der Waals surface area contributed by atoms with Crippen LogP contribution in [0.25, 0.3) is 11.4 Å². The van der Waals surface area contributed by atoms with Gasteiger partial charge in [0.2, 0.25) is 0 Å². The molecule has 1 aliphatic carbocycles. The molecule has 0 bridgehead atoms. The van der Waals surface area contributed by atoms with E-state index in [1.165, 1.54) is 18.4 Å². The highest BCUT2D eigenvalue weighted by Crippen LogP contribution is 2.43. The Morgan fingerprint density at radius 2 is 2.00 bits per heavy atom. The summed E-state index contributed by atoms with van der Waals surface area (Å²) in [7, 11) is 0. The molecule has 1 aliphatic rings. The maximum absolute atomic E-state index is 14.1. The molecule has 1 saturated carbocycles. The van der Waals surface area contributed by atoms with E-state index in [9.17, 15) is 4.39 Å². The molecule has 0 aliphatic heterocycles. The number of aryl methyl sites for hydroxylation is 1. The summed E-state index contributed by atoms with van der Waals surface area (Å²) >= 11 is 0. The van der Waals surface area contributed by atoms with Gasteiger partial charge in [-0.15, -0.1) is 0 Å². The van der Waals surface area contributed by atoms with Crippen molar-refractivity contribution in [3.8, 4) is 11.4 Å². The van der Waals surface area contributed by atoms with Gasteiger partial charge in [-0.1, -0.05) is 31.2 Å². The van der Waals surface area contributed by atoms with Crippen molar-refractivity contribution in [3.63, 3.8) is 0 Å². The molecule has 0 unspecified atom stereocenters. The zero-order chi connectivity index (χ0) is 14.8. The van der Waals surface area contributed by atoms with Gasteiger partial charge in [0.05, 0.1) is 5.69 Å². The molecule has 3 rings (SSSR count). The van der Waals surface area contributed by atoms with E-state index in [0.29, 0.717) is 29.8 Å². The van der Waals surface area contributed by atoms with Crippen LogP contribution in [0.15, 0.2) is 24.3 Å². The van der Waals surface area contributed by atoms with Gasteiger partial charge >= 0.3 is 0 Å². The molecule has 110 valence electrons. The van der Waals surface area contributed by atoms with Crippen LogP contribution in [0.1, 0.15) is 43.4 Å². The SMILES string of the molecule is CCCNc1nc(-c2ccccc2C2CC2)nc(C)c1F. The lowest BCUT2D eigenvalue weighted by Gasteiger charge is -2.12. The minimum absolute atomic E-state index is 0.310. The number of halogens is 1. The molecule has 0 amide bonds. The Hall–Kier alpha value is -1.97. The minimum atomic E-state index is -0.351. The Balaban J connectivity index is 2.04. The Bertz CT molecular complexity index is 650. The Morgan fingerprint density at radius 1 is 1.24 bits per heavy atom. The van der Waals surface area contributed by atoms with E-state index in [1.54, 1.807) is 6.92 Å². The summed E-state index contributed by atoms with van der Waals surface area (Å²) in [5.41, 5.74) is 2.71. The molecule has 4 heteroatoms. The van der Waals surface area contributed by atoms with Gasteiger partial charge in [0, 0.05) is 12.1 Å². The van der Waals surface area contributed by atoms with Crippen molar-refractivity contribution < 1.29 is 4.39 Å². The standard InChI is InChI=1S/C17H20FN3/c1-3-10-19-17-15(18)11(2)20-16(21-17)14-7-5-4-6-13(14)12-8-9-12/h4-7,12H,3,8-10H2,1-2H3,(H,19,20,21). The molecular weight excluding hydrogens is 265 g/mol. The molecule has 1 heterocycles. The summed E-state index contributed by atoms with van der Waals surface area (Å²) < 4.78 is 14.1. The average molecular weight is 285 g/mol. The topological polar surface area (TPSA) is 37.8 Å². The second-order valence-electron chi connectivity index (χ2n) is 5.58. The maximum atomic E-state index is 14.1. The normalized spacial score (nSPS) is 14.2. The molecule has 1 fully saturated rings. The molecule has 0 spiro atoms. The van der Waals surface area contributed by atoms with Crippen LogP contribution in [-0.2, 0) is 0 Å². The van der Waals surface area contributed by atoms with Gasteiger partial charge < -0.3 is 5.32 Å². The lowest BCUT2D eigenvalue weighted by atomic mass is 10.0. The molecule has 0 radical (unpaired) electrons. The number of benzene rings is 1. The summed E-state index contributed by atoms with van der Waals surface area (Å²) in [6.07, 6.45) is 3.37. The maximum Gasteiger partial charge on any atom is 0.186 e. The van der Waals surface area contributed by atoms with Crippen LogP contribution in [-0.4, -0.2) is 16.5 Å². The van der Waals surface area contributed by atoms with Crippen molar-refractivity contribution in [1.29, 1.82) is 0 Å². The summed E-state index contributed by atoms with van der Waals surface area (Å²) in [5, 5.41) is 3.05. The first-order chi connectivity index (χ1) is 10.2. The summed E-state index contributed by atoms with van der Waals surface area (Å²) in [6, 6.07) is 8.20. The Morgan fingerprint density at radius 3 is 2.71 bits per heavy atom. The van der Waals surface area contributed by atoms with E-state index >= 15 is 0 Å². The molecule has 0 saturated heterocycles. The third-order valence-corrected chi connectivity index (χ3v) is 3.78. The van der Waals surface area contributed by atoms with Crippen molar-refractivity contribution in [3.05, 3.63) is 41.3 Å². The first-order valence-corrected chi connectivity index (χ1v) is 7.58. The zero-order valence-electron chi connectivity index (χ0n) is 12.5. The average Bonchev–Trinajstić information content (AvgIpc) is 3.33. The predicted octanol–water partition coefficient (Wildman–Crippen LogP) is 4.29. The zero-order valence-corrected chi connectivity index (χ0v) is 12.5. The summed E-state index contributed by atoms with van der Waals surface area (Å²) in [4.78, 5) is 8.77. The molecule has 21 heavy (non-hydrogen) atoms. The van der Waals surface area contributed by atoms with E-state index in [-0.39, 0.29) is 5.82 Å². The summed E-state index contributed by atoms with van der Waals surface area (Å²) in [6.45, 7) is 4.44. The van der Waals surface area contributed by atoms with Crippen LogP contribution in [0, 0.1) is 12.7 Å². The first kappa shape index (κ1) is 14.0. The highest BCUT2D eigenvalue weighted by Gasteiger charge is 2.27. The van der Waals surface area contributed by atoms with Gasteiger partial charge in [-0.25, -0.2) is 14.4 Å². The molecule has 3 nitrogen and oxygen atoms in total. The van der Waals surface area contributed by atoms with Gasteiger partial charge in [0.25, 0.3) is 0 Å².